The number of hydrogen-bond acceptors (Lipinski definition) is 5. The van der Waals surface area contributed by atoms with Crippen molar-refractivity contribution in [2.75, 3.05) is 13.2 Å². The molecule has 1 aromatic rings. The molecule has 0 aliphatic rings. The highest BCUT2D eigenvalue weighted by atomic mass is 16.6. The third kappa shape index (κ3) is 4.79. The van der Waals surface area contributed by atoms with Crippen LogP contribution in [0.3, 0.4) is 0 Å². The Bertz CT molecular complexity index is 553. The van der Waals surface area contributed by atoms with Gasteiger partial charge >= 0.3 is 11.7 Å². The molecule has 0 atom stereocenters. The lowest BCUT2D eigenvalue weighted by Crippen LogP contribution is -2.04. The molecular formula is C14H17NO6. The topological polar surface area (TPSA) is 98.9 Å². The Kier molecular flexibility index (Phi) is 6.19. The zero-order chi connectivity index (χ0) is 15.8. The minimum absolute atomic E-state index is 0.0659. The number of aliphatic carboxylic acids is 1. The van der Waals surface area contributed by atoms with Gasteiger partial charge in [0.1, 0.15) is 0 Å². The lowest BCUT2D eigenvalue weighted by molar-refractivity contribution is -0.386. The Morgan fingerprint density at radius 2 is 2.10 bits per heavy atom. The third-order valence-electron chi connectivity index (χ3n) is 2.42. The Morgan fingerprint density at radius 3 is 2.62 bits per heavy atom. The smallest absolute Gasteiger partial charge is 0.328 e. The standard InChI is InChI=1S/C14H17NO6/c1-3-7-21-14-11(15(18)19)8-10(5-6-13(16)17)9-12(14)20-4-2/h5-6,8-9H,3-4,7H2,1-2H3,(H,16,17)/b6-5+. The zero-order valence-corrected chi connectivity index (χ0v) is 11.9. The Balaban J connectivity index is 3.33. The van der Waals surface area contributed by atoms with Crippen molar-refractivity contribution in [1.29, 1.82) is 0 Å². The highest BCUT2D eigenvalue weighted by Gasteiger charge is 2.22. The second-order valence-corrected chi connectivity index (χ2v) is 4.08. The number of nitro benzene ring substituents is 1. The molecule has 0 radical (unpaired) electrons. The third-order valence-corrected chi connectivity index (χ3v) is 2.42. The molecule has 0 amide bonds. The fraction of sp³-hybridized carbons (Fsp3) is 0.357. The maximum atomic E-state index is 11.2. The Hall–Kier alpha value is -2.57. The first kappa shape index (κ1) is 16.5. The van der Waals surface area contributed by atoms with Crippen LogP contribution in [0.15, 0.2) is 18.2 Å². The number of carboxylic acid groups (broad SMARTS) is 1. The molecule has 0 bridgehead atoms. The minimum Gasteiger partial charge on any atom is -0.490 e. The van der Waals surface area contributed by atoms with Crippen LogP contribution in [0.5, 0.6) is 11.5 Å². The number of rotatable bonds is 8. The molecule has 0 aliphatic carbocycles. The monoisotopic (exact) mass is 295 g/mol. The summed E-state index contributed by atoms with van der Waals surface area (Å²) in [5, 5.41) is 19.8. The van der Waals surface area contributed by atoms with Crippen LogP contribution in [-0.4, -0.2) is 29.2 Å². The molecule has 7 heteroatoms. The van der Waals surface area contributed by atoms with Crippen LogP contribution in [-0.2, 0) is 4.79 Å². The van der Waals surface area contributed by atoms with E-state index in [0.29, 0.717) is 25.2 Å². The molecule has 0 aromatic heterocycles. The van der Waals surface area contributed by atoms with E-state index in [9.17, 15) is 14.9 Å². The van der Waals surface area contributed by atoms with E-state index < -0.39 is 10.9 Å². The molecule has 0 unspecified atom stereocenters. The van der Waals surface area contributed by atoms with Gasteiger partial charge in [-0.1, -0.05) is 6.92 Å². The number of nitro groups is 1. The van der Waals surface area contributed by atoms with Crippen molar-refractivity contribution in [2.24, 2.45) is 0 Å². The van der Waals surface area contributed by atoms with Gasteiger partial charge in [0.15, 0.2) is 5.75 Å². The molecule has 0 fully saturated rings. The van der Waals surface area contributed by atoms with E-state index >= 15 is 0 Å². The summed E-state index contributed by atoms with van der Waals surface area (Å²) in [5.41, 5.74) is 0.107. The van der Waals surface area contributed by atoms with Crippen LogP contribution in [0.25, 0.3) is 6.08 Å². The summed E-state index contributed by atoms with van der Waals surface area (Å²) in [5.74, 6) is -0.844. The van der Waals surface area contributed by atoms with E-state index in [1.165, 1.54) is 18.2 Å². The minimum atomic E-state index is -1.14. The van der Waals surface area contributed by atoms with E-state index in [0.717, 1.165) is 6.08 Å². The SMILES string of the molecule is CCCOc1c(OCC)cc(/C=C/C(=O)O)cc1[N+](=O)[O-]. The second-order valence-electron chi connectivity index (χ2n) is 4.08. The van der Waals surface area contributed by atoms with Gasteiger partial charge < -0.3 is 14.6 Å². The summed E-state index contributed by atoms with van der Waals surface area (Å²) < 4.78 is 10.8. The first-order valence-electron chi connectivity index (χ1n) is 6.48. The predicted molar refractivity (Wildman–Crippen MR) is 76.7 cm³/mol. The van der Waals surface area contributed by atoms with Gasteiger partial charge in [-0.2, -0.15) is 0 Å². The fourth-order valence-corrected chi connectivity index (χ4v) is 1.62. The molecule has 21 heavy (non-hydrogen) atoms. The van der Waals surface area contributed by atoms with Gasteiger partial charge in [0.25, 0.3) is 0 Å². The molecule has 0 aliphatic heterocycles. The van der Waals surface area contributed by atoms with E-state index in [-0.39, 0.29) is 17.2 Å². The van der Waals surface area contributed by atoms with Crippen molar-refractivity contribution in [3.63, 3.8) is 0 Å². The fourth-order valence-electron chi connectivity index (χ4n) is 1.62. The number of nitrogens with zero attached hydrogens (tertiary/aromatic N) is 1. The van der Waals surface area contributed by atoms with Crippen LogP contribution >= 0.6 is 0 Å². The Morgan fingerprint density at radius 1 is 1.38 bits per heavy atom. The zero-order valence-electron chi connectivity index (χ0n) is 11.9. The second kappa shape index (κ2) is 7.88. The number of carbonyl (C=O) groups is 1. The Labute approximate surface area is 121 Å². The summed E-state index contributed by atoms with van der Waals surface area (Å²) >= 11 is 0. The quantitative estimate of drug-likeness (QED) is 0.450. The van der Waals surface area contributed by atoms with Crippen LogP contribution < -0.4 is 9.47 Å². The molecule has 7 nitrogen and oxygen atoms in total. The van der Waals surface area contributed by atoms with Crippen molar-refractivity contribution >= 4 is 17.7 Å². The summed E-state index contributed by atoms with van der Waals surface area (Å²) in [6.45, 7) is 4.27. The normalized spacial score (nSPS) is 10.6. The number of ether oxygens (including phenoxy) is 2. The maximum Gasteiger partial charge on any atom is 0.328 e. The van der Waals surface area contributed by atoms with Crippen LogP contribution in [0, 0.1) is 10.1 Å². The van der Waals surface area contributed by atoms with Gasteiger partial charge in [-0.3, -0.25) is 10.1 Å². The van der Waals surface area contributed by atoms with Gasteiger partial charge in [-0.15, -0.1) is 0 Å². The van der Waals surface area contributed by atoms with Crippen molar-refractivity contribution in [3.8, 4) is 11.5 Å². The predicted octanol–water partition coefficient (Wildman–Crippen LogP) is 2.88. The van der Waals surface area contributed by atoms with Crippen molar-refractivity contribution in [2.45, 2.75) is 20.3 Å². The first-order chi connectivity index (χ1) is 9.99. The van der Waals surface area contributed by atoms with Gasteiger partial charge in [0, 0.05) is 12.1 Å². The lowest BCUT2D eigenvalue weighted by Gasteiger charge is -2.12. The van der Waals surface area contributed by atoms with Gasteiger partial charge in [0.05, 0.1) is 18.1 Å². The number of hydrogen-bond donors (Lipinski definition) is 1. The summed E-state index contributed by atoms with van der Waals surface area (Å²) in [4.78, 5) is 21.1. The molecule has 1 aromatic carbocycles. The van der Waals surface area contributed by atoms with Gasteiger partial charge in [0.2, 0.25) is 5.75 Å². The highest BCUT2D eigenvalue weighted by molar-refractivity contribution is 5.85. The molecule has 0 spiro atoms. The molecule has 0 heterocycles. The highest BCUT2D eigenvalue weighted by Crippen LogP contribution is 2.39. The maximum absolute atomic E-state index is 11.2. The van der Waals surface area contributed by atoms with E-state index in [4.69, 9.17) is 14.6 Å². The summed E-state index contributed by atoms with van der Waals surface area (Å²) in [6.07, 6.45) is 2.87. The largest absolute Gasteiger partial charge is 0.490 e. The van der Waals surface area contributed by atoms with Crippen LogP contribution in [0.1, 0.15) is 25.8 Å². The molecule has 114 valence electrons. The molecule has 1 N–H and O–H groups in total. The van der Waals surface area contributed by atoms with E-state index in [1.54, 1.807) is 6.92 Å². The number of carboxylic acids is 1. The molecule has 1 rings (SSSR count). The van der Waals surface area contributed by atoms with Crippen molar-refractivity contribution < 1.29 is 24.3 Å². The average molecular weight is 295 g/mol. The van der Waals surface area contributed by atoms with Gasteiger partial charge in [-0.05, 0) is 31.1 Å². The lowest BCUT2D eigenvalue weighted by atomic mass is 10.1. The average Bonchev–Trinajstić information content (AvgIpc) is 2.43. The van der Waals surface area contributed by atoms with Crippen LogP contribution in [0.4, 0.5) is 5.69 Å². The van der Waals surface area contributed by atoms with Crippen molar-refractivity contribution in [3.05, 3.63) is 33.9 Å². The van der Waals surface area contributed by atoms with E-state index in [2.05, 4.69) is 0 Å². The van der Waals surface area contributed by atoms with Crippen molar-refractivity contribution in [1.82, 2.24) is 0 Å². The summed E-state index contributed by atoms with van der Waals surface area (Å²) in [7, 11) is 0. The number of benzene rings is 1. The molecular weight excluding hydrogens is 278 g/mol. The molecule has 0 saturated heterocycles. The van der Waals surface area contributed by atoms with E-state index in [1.807, 2.05) is 6.92 Å². The summed E-state index contributed by atoms with van der Waals surface area (Å²) in [6, 6.07) is 2.77. The van der Waals surface area contributed by atoms with Crippen LogP contribution in [0.2, 0.25) is 0 Å². The first-order valence-corrected chi connectivity index (χ1v) is 6.48. The molecule has 0 saturated carbocycles. The van der Waals surface area contributed by atoms with Gasteiger partial charge in [-0.25, -0.2) is 4.79 Å².